The predicted octanol–water partition coefficient (Wildman–Crippen LogP) is 5.01. The van der Waals surface area contributed by atoms with Crippen LogP contribution in [0.1, 0.15) is 131 Å². The summed E-state index contributed by atoms with van der Waals surface area (Å²) in [5.74, 6) is 1.03. The molecule has 0 radical (unpaired) electrons. The van der Waals surface area contributed by atoms with Crippen LogP contribution < -0.4 is 16.0 Å². The number of rotatable bonds is 18. The van der Waals surface area contributed by atoms with Gasteiger partial charge in [-0.15, -0.1) is 0 Å². The molecule has 4 saturated carbocycles. The summed E-state index contributed by atoms with van der Waals surface area (Å²) < 4.78 is 17.7. The standard InChI is InChI=1S/C49H79N3O10/c1-29(2)12-11-13-30(3)36-18-19-37-35-17-16-33-24-34(20-22-47(33,5)38(35)21-23-48(36,37)6)51-45(58)39(28-61-27-32-14-9-8-10-15-32)52-46(59)49(60-7)25-40(55)42(50-31(4)54)44(62-49)43(57)41(56)26-53/h8-10,14-15,29-30,33-44,53,55-57H,11-13,16-28H2,1-7H3,(H,50,54)(H,51,58)(H,52,59)/t30-,33?,34-,35+,36-,37+,38+,39+,40+,41-,42-,43-,44-,47+,48-,49-/m1/s1. The first-order valence-electron chi connectivity index (χ1n) is 23.8. The molecule has 1 aromatic rings. The van der Waals surface area contributed by atoms with Crippen molar-refractivity contribution in [1.29, 1.82) is 0 Å². The van der Waals surface area contributed by atoms with E-state index in [0.29, 0.717) is 17.3 Å². The minimum absolute atomic E-state index is 0.0795. The van der Waals surface area contributed by atoms with Crippen LogP contribution in [0.25, 0.3) is 0 Å². The zero-order valence-corrected chi connectivity index (χ0v) is 38.5. The Hall–Kier alpha value is -2.65. The quantitative estimate of drug-likeness (QED) is 0.106. The molecule has 7 N–H and O–H groups in total. The number of hydrogen-bond donors (Lipinski definition) is 7. The fourth-order valence-corrected chi connectivity index (χ4v) is 13.4. The van der Waals surface area contributed by atoms with Crippen LogP contribution in [0.3, 0.4) is 0 Å². The minimum Gasteiger partial charge on any atom is -0.394 e. The fraction of sp³-hybridized carbons (Fsp3) is 0.816. The average Bonchev–Trinajstić information content (AvgIpc) is 3.60. The van der Waals surface area contributed by atoms with Gasteiger partial charge in [-0.05, 0) is 116 Å². The van der Waals surface area contributed by atoms with Gasteiger partial charge < -0.3 is 50.6 Å². The number of nitrogens with one attached hydrogen (secondary N) is 3. The molecular formula is C49H79N3O10. The summed E-state index contributed by atoms with van der Waals surface area (Å²) in [7, 11) is 1.19. The zero-order valence-electron chi connectivity index (χ0n) is 38.5. The first kappa shape index (κ1) is 48.8. The highest BCUT2D eigenvalue weighted by molar-refractivity contribution is 5.91. The zero-order chi connectivity index (χ0) is 45.0. The van der Waals surface area contributed by atoms with Crippen LogP contribution in [-0.2, 0) is 35.2 Å². The van der Waals surface area contributed by atoms with Gasteiger partial charge >= 0.3 is 0 Å². The molecular weight excluding hydrogens is 791 g/mol. The van der Waals surface area contributed by atoms with Gasteiger partial charge in [-0.25, -0.2) is 0 Å². The number of carbonyl (C=O) groups excluding carboxylic acids is 3. The minimum atomic E-state index is -2.24. The fourth-order valence-electron chi connectivity index (χ4n) is 13.4. The molecule has 0 aromatic heterocycles. The van der Waals surface area contributed by atoms with Crippen molar-refractivity contribution in [2.24, 2.45) is 52.3 Å². The molecule has 0 spiro atoms. The molecule has 1 unspecified atom stereocenters. The topological polar surface area (TPSA) is 196 Å². The van der Waals surface area contributed by atoms with Gasteiger partial charge in [0.1, 0.15) is 24.4 Å². The molecule has 13 nitrogen and oxygen atoms in total. The summed E-state index contributed by atoms with van der Waals surface area (Å²) in [6, 6.07) is 6.99. The van der Waals surface area contributed by atoms with E-state index >= 15 is 0 Å². The van der Waals surface area contributed by atoms with Crippen molar-refractivity contribution in [2.45, 2.75) is 180 Å². The molecule has 350 valence electrons. The Balaban J connectivity index is 1.13. The van der Waals surface area contributed by atoms with Gasteiger partial charge in [0.15, 0.2) is 0 Å². The summed E-state index contributed by atoms with van der Waals surface area (Å²) in [5.41, 5.74) is 1.55. The molecule has 5 fully saturated rings. The van der Waals surface area contributed by atoms with Gasteiger partial charge in [-0.1, -0.05) is 84.2 Å². The maximum Gasteiger partial charge on any atom is 0.281 e. The Morgan fingerprint density at radius 1 is 0.919 bits per heavy atom. The summed E-state index contributed by atoms with van der Waals surface area (Å²) in [5, 5.41) is 50.7. The number of carbonyl (C=O) groups is 3. The van der Waals surface area contributed by atoms with Crippen LogP contribution >= 0.6 is 0 Å². The number of amides is 3. The second kappa shape index (κ2) is 20.7. The van der Waals surface area contributed by atoms with Crippen molar-refractivity contribution < 1.29 is 49.0 Å². The van der Waals surface area contributed by atoms with Gasteiger partial charge in [-0.2, -0.15) is 0 Å². The second-order valence-corrected chi connectivity index (χ2v) is 21.0. The molecule has 6 rings (SSSR count). The molecule has 1 aliphatic heterocycles. The SMILES string of the molecule is CO[C@]1(C(=O)N[C@@H](COCc2ccccc2)C(=O)N[C@@H]2CC[C@@]3(C)C(CC[C@H]4[C@@H]5CC[C@H]([C@H](C)CCCC(C)C)[C@@]5(C)CC[C@@H]43)C2)C[C@H](O)[C@@H](NC(C)=O)[C@H]([C@H](O)[C@H](O)CO)O1. The van der Waals surface area contributed by atoms with Crippen molar-refractivity contribution >= 4 is 17.7 Å². The number of aliphatic hydroxyl groups is 4. The number of aliphatic hydroxyl groups excluding tert-OH is 4. The van der Waals surface area contributed by atoms with Gasteiger partial charge in [-0.3, -0.25) is 14.4 Å². The van der Waals surface area contributed by atoms with E-state index in [9.17, 15) is 34.8 Å². The number of hydrogen-bond acceptors (Lipinski definition) is 10. The molecule has 1 saturated heterocycles. The smallest absolute Gasteiger partial charge is 0.281 e. The first-order chi connectivity index (χ1) is 29.5. The monoisotopic (exact) mass is 870 g/mol. The maximum absolute atomic E-state index is 14.3. The Labute approximate surface area is 370 Å². The molecule has 13 heteroatoms. The van der Waals surface area contributed by atoms with E-state index in [1.165, 1.54) is 71.8 Å². The van der Waals surface area contributed by atoms with Gasteiger partial charge in [0, 0.05) is 26.5 Å². The normalized spacial score (nSPS) is 37.5. The van der Waals surface area contributed by atoms with E-state index in [1.54, 1.807) is 0 Å². The molecule has 3 amide bonds. The Morgan fingerprint density at radius 2 is 1.63 bits per heavy atom. The van der Waals surface area contributed by atoms with Crippen molar-refractivity contribution in [2.75, 3.05) is 20.3 Å². The highest BCUT2D eigenvalue weighted by Crippen LogP contribution is 2.68. The van der Waals surface area contributed by atoms with Crippen molar-refractivity contribution in [3.8, 4) is 0 Å². The summed E-state index contributed by atoms with van der Waals surface area (Å²) in [4.78, 5) is 40.7. The van der Waals surface area contributed by atoms with Crippen molar-refractivity contribution in [1.82, 2.24) is 16.0 Å². The van der Waals surface area contributed by atoms with Crippen LogP contribution in [-0.4, -0.2) is 107 Å². The third kappa shape index (κ3) is 10.4. The van der Waals surface area contributed by atoms with Crippen LogP contribution in [0.2, 0.25) is 0 Å². The molecule has 5 aliphatic rings. The van der Waals surface area contributed by atoms with E-state index in [2.05, 4.69) is 50.6 Å². The molecule has 4 aliphatic carbocycles. The van der Waals surface area contributed by atoms with Crippen LogP contribution in [0.15, 0.2) is 30.3 Å². The highest BCUT2D eigenvalue weighted by atomic mass is 16.7. The third-order valence-corrected chi connectivity index (χ3v) is 16.8. The summed E-state index contributed by atoms with van der Waals surface area (Å²) >= 11 is 0. The van der Waals surface area contributed by atoms with Crippen LogP contribution in [0.4, 0.5) is 0 Å². The molecule has 1 heterocycles. The highest BCUT2D eigenvalue weighted by Gasteiger charge is 2.61. The van der Waals surface area contributed by atoms with Crippen LogP contribution in [0.5, 0.6) is 0 Å². The van der Waals surface area contributed by atoms with E-state index < -0.39 is 73.0 Å². The maximum atomic E-state index is 14.3. The lowest BCUT2D eigenvalue weighted by molar-refractivity contribution is -0.296. The summed E-state index contributed by atoms with van der Waals surface area (Å²) in [6.45, 7) is 12.8. The Bertz CT molecular complexity index is 1650. The van der Waals surface area contributed by atoms with Gasteiger partial charge in [0.25, 0.3) is 11.7 Å². The van der Waals surface area contributed by atoms with Crippen LogP contribution in [0, 0.1) is 52.3 Å². The number of methoxy groups -OCH3 is 1. The molecule has 1 aromatic carbocycles. The number of benzene rings is 1. The van der Waals surface area contributed by atoms with E-state index in [1.807, 2.05) is 30.3 Å². The lowest BCUT2D eigenvalue weighted by Gasteiger charge is -2.61. The van der Waals surface area contributed by atoms with E-state index in [-0.39, 0.29) is 24.7 Å². The van der Waals surface area contributed by atoms with Crippen molar-refractivity contribution in [3.63, 3.8) is 0 Å². The molecule has 0 bridgehead atoms. The largest absolute Gasteiger partial charge is 0.394 e. The Morgan fingerprint density at radius 3 is 2.31 bits per heavy atom. The molecule has 16 atom stereocenters. The lowest BCUT2D eigenvalue weighted by atomic mass is 9.44. The predicted molar refractivity (Wildman–Crippen MR) is 235 cm³/mol. The van der Waals surface area contributed by atoms with Gasteiger partial charge in [0.05, 0.1) is 32.0 Å². The lowest BCUT2D eigenvalue weighted by Crippen LogP contribution is -2.70. The van der Waals surface area contributed by atoms with Crippen molar-refractivity contribution in [3.05, 3.63) is 35.9 Å². The van der Waals surface area contributed by atoms with Gasteiger partial charge in [0.2, 0.25) is 11.8 Å². The Kier molecular flexibility index (Phi) is 16.3. The number of fused-ring (bicyclic) bond motifs is 5. The first-order valence-corrected chi connectivity index (χ1v) is 23.8. The number of ether oxygens (including phenoxy) is 3. The van der Waals surface area contributed by atoms with E-state index in [4.69, 9.17) is 14.2 Å². The third-order valence-electron chi connectivity index (χ3n) is 16.8. The average molecular weight is 870 g/mol. The van der Waals surface area contributed by atoms with E-state index in [0.717, 1.165) is 54.4 Å². The molecule has 62 heavy (non-hydrogen) atoms. The summed E-state index contributed by atoms with van der Waals surface area (Å²) in [6.07, 6.45) is 7.50. The second-order valence-electron chi connectivity index (χ2n) is 21.0.